The number of carbonyl (C=O) groups excluding carboxylic acids is 1. The fourth-order valence-electron chi connectivity index (χ4n) is 2.48. The van der Waals surface area contributed by atoms with Crippen molar-refractivity contribution in [1.29, 1.82) is 0 Å². The summed E-state index contributed by atoms with van der Waals surface area (Å²) in [5.41, 5.74) is 3.34. The van der Waals surface area contributed by atoms with Gasteiger partial charge in [-0.25, -0.2) is 0 Å². The van der Waals surface area contributed by atoms with Crippen LogP contribution < -0.4 is 5.32 Å². The molecule has 2 aromatic rings. The third kappa shape index (κ3) is 2.56. The standard InChI is InChI=1S/C15H16ClN3O/c1-10-8-11(16)5-6-13(10)17-15(20)14-9-12-4-2-3-7-19(12)18-14/h5-6,8-9H,2-4,7H2,1H3,(H,17,20). The predicted molar refractivity (Wildman–Crippen MR) is 79.3 cm³/mol. The van der Waals surface area contributed by atoms with E-state index >= 15 is 0 Å². The first-order valence-electron chi connectivity index (χ1n) is 6.78. The average Bonchev–Trinajstić information content (AvgIpc) is 2.86. The fourth-order valence-corrected chi connectivity index (χ4v) is 2.71. The van der Waals surface area contributed by atoms with E-state index in [0.29, 0.717) is 10.7 Å². The summed E-state index contributed by atoms with van der Waals surface area (Å²) < 4.78 is 1.94. The number of hydrogen-bond acceptors (Lipinski definition) is 2. The van der Waals surface area contributed by atoms with Crippen LogP contribution in [0.3, 0.4) is 0 Å². The van der Waals surface area contributed by atoms with Gasteiger partial charge >= 0.3 is 0 Å². The molecule has 0 bridgehead atoms. The molecule has 104 valence electrons. The molecule has 1 aliphatic heterocycles. The van der Waals surface area contributed by atoms with Gasteiger partial charge in [-0.05, 0) is 56.0 Å². The first-order valence-corrected chi connectivity index (χ1v) is 7.15. The summed E-state index contributed by atoms with van der Waals surface area (Å²) in [5, 5.41) is 7.93. The number of carbonyl (C=O) groups is 1. The van der Waals surface area contributed by atoms with E-state index < -0.39 is 0 Å². The van der Waals surface area contributed by atoms with Crippen LogP contribution in [0.2, 0.25) is 5.02 Å². The number of anilines is 1. The third-order valence-electron chi connectivity index (χ3n) is 3.59. The number of rotatable bonds is 2. The summed E-state index contributed by atoms with van der Waals surface area (Å²) in [7, 11) is 0. The zero-order valence-electron chi connectivity index (χ0n) is 11.3. The van der Waals surface area contributed by atoms with Crippen molar-refractivity contribution in [2.75, 3.05) is 5.32 Å². The van der Waals surface area contributed by atoms with Crippen LogP contribution in [0.25, 0.3) is 0 Å². The molecule has 0 saturated carbocycles. The summed E-state index contributed by atoms with van der Waals surface area (Å²) in [6.45, 7) is 2.82. The largest absolute Gasteiger partial charge is 0.320 e. The van der Waals surface area contributed by atoms with Crippen LogP contribution in [0.15, 0.2) is 24.3 Å². The Morgan fingerprint density at radius 2 is 2.20 bits per heavy atom. The molecule has 1 aliphatic rings. The van der Waals surface area contributed by atoms with E-state index in [4.69, 9.17) is 11.6 Å². The molecule has 1 N–H and O–H groups in total. The Morgan fingerprint density at radius 3 is 2.95 bits per heavy atom. The van der Waals surface area contributed by atoms with Crippen LogP contribution in [-0.4, -0.2) is 15.7 Å². The number of benzene rings is 1. The second kappa shape index (κ2) is 5.29. The van der Waals surface area contributed by atoms with Gasteiger partial charge in [-0.15, -0.1) is 0 Å². The number of fused-ring (bicyclic) bond motifs is 1. The number of nitrogens with zero attached hydrogens (tertiary/aromatic N) is 2. The zero-order valence-corrected chi connectivity index (χ0v) is 12.1. The van der Waals surface area contributed by atoms with E-state index in [0.717, 1.165) is 36.3 Å². The number of nitrogens with one attached hydrogen (secondary N) is 1. The van der Waals surface area contributed by atoms with Crippen LogP contribution in [0.5, 0.6) is 0 Å². The third-order valence-corrected chi connectivity index (χ3v) is 3.82. The van der Waals surface area contributed by atoms with Crippen molar-refractivity contribution in [2.45, 2.75) is 32.7 Å². The number of halogens is 1. The molecule has 0 radical (unpaired) electrons. The SMILES string of the molecule is Cc1cc(Cl)ccc1NC(=O)c1cc2n(n1)CCCC2. The summed E-state index contributed by atoms with van der Waals surface area (Å²) in [5.74, 6) is -0.169. The highest BCUT2D eigenvalue weighted by Gasteiger charge is 2.17. The van der Waals surface area contributed by atoms with E-state index in [1.807, 2.05) is 29.8 Å². The first kappa shape index (κ1) is 13.2. The summed E-state index contributed by atoms with van der Waals surface area (Å²) >= 11 is 5.91. The van der Waals surface area contributed by atoms with Crippen LogP contribution in [0, 0.1) is 6.92 Å². The van der Waals surface area contributed by atoms with Crippen LogP contribution in [-0.2, 0) is 13.0 Å². The number of aryl methyl sites for hydroxylation is 3. The minimum atomic E-state index is -0.169. The predicted octanol–water partition coefficient (Wildman–Crippen LogP) is 3.43. The molecule has 4 nitrogen and oxygen atoms in total. The molecule has 3 rings (SSSR count). The van der Waals surface area contributed by atoms with Crippen LogP contribution >= 0.6 is 11.6 Å². The number of aromatic nitrogens is 2. The number of hydrogen-bond donors (Lipinski definition) is 1. The normalized spacial score (nSPS) is 13.9. The highest BCUT2D eigenvalue weighted by atomic mass is 35.5. The van der Waals surface area contributed by atoms with Crippen molar-refractivity contribution in [3.63, 3.8) is 0 Å². The maximum atomic E-state index is 12.2. The maximum absolute atomic E-state index is 12.2. The van der Waals surface area contributed by atoms with Gasteiger partial charge in [-0.1, -0.05) is 11.6 Å². The van der Waals surface area contributed by atoms with Gasteiger partial charge in [0.1, 0.15) is 0 Å². The molecule has 1 aromatic carbocycles. The van der Waals surface area contributed by atoms with E-state index in [-0.39, 0.29) is 5.91 Å². The molecule has 0 saturated heterocycles. The molecule has 0 unspecified atom stereocenters. The lowest BCUT2D eigenvalue weighted by Crippen LogP contribution is -2.15. The molecule has 20 heavy (non-hydrogen) atoms. The summed E-state index contributed by atoms with van der Waals surface area (Å²) in [6.07, 6.45) is 3.30. The van der Waals surface area contributed by atoms with Gasteiger partial charge < -0.3 is 5.32 Å². The zero-order chi connectivity index (χ0) is 14.1. The molecule has 0 aliphatic carbocycles. The molecule has 1 aromatic heterocycles. The van der Waals surface area contributed by atoms with Crippen molar-refractivity contribution in [2.24, 2.45) is 0 Å². The molecular weight excluding hydrogens is 274 g/mol. The Kier molecular flexibility index (Phi) is 3.49. The van der Waals surface area contributed by atoms with Crippen LogP contribution in [0.4, 0.5) is 5.69 Å². The molecular formula is C15H16ClN3O. The molecule has 0 fully saturated rings. The minimum absolute atomic E-state index is 0.169. The molecule has 2 heterocycles. The Morgan fingerprint density at radius 1 is 1.35 bits per heavy atom. The van der Waals surface area contributed by atoms with Crippen molar-refractivity contribution in [1.82, 2.24) is 9.78 Å². The van der Waals surface area contributed by atoms with Crippen molar-refractivity contribution >= 4 is 23.2 Å². The lowest BCUT2D eigenvalue weighted by atomic mass is 10.1. The Bertz CT molecular complexity index is 640. The topological polar surface area (TPSA) is 46.9 Å². The summed E-state index contributed by atoms with van der Waals surface area (Å²) in [6, 6.07) is 7.29. The lowest BCUT2D eigenvalue weighted by Gasteiger charge is -2.11. The van der Waals surface area contributed by atoms with Gasteiger partial charge in [0.15, 0.2) is 5.69 Å². The van der Waals surface area contributed by atoms with Crippen molar-refractivity contribution in [3.8, 4) is 0 Å². The lowest BCUT2D eigenvalue weighted by molar-refractivity contribution is 0.102. The van der Waals surface area contributed by atoms with E-state index in [1.54, 1.807) is 6.07 Å². The van der Waals surface area contributed by atoms with Gasteiger partial charge in [-0.2, -0.15) is 5.10 Å². The van der Waals surface area contributed by atoms with E-state index in [1.165, 1.54) is 6.42 Å². The smallest absolute Gasteiger partial charge is 0.276 e. The minimum Gasteiger partial charge on any atom is -0.320 e. The maximum Gasteiger partial charge on any atom is 0.276 e. The quantitative estimate of drug-likeness (QED) is 0.920. The highest BCUT2D eigenvalue weighted by molar-refractivity contribution is 6.30. The molecule has 0 atom stereocenters. The van der Waals surface area contributed by atoms with Crippen molar-refractivity contribution in [3.05, 3.63) is 46.2 Å². The highest BCUT2D eigenvalue weighted by Crippen LogP contribution is 2.21. The Hall–Kier alpha value is -1.81. The summed E-state index contributed by atoms with van der Waals surface area (Å²) in [4.78, 5) is 12.2. The second-order valence-electron chi connectivity index (χ2n) is 5.11. The van der Waals surface area contributed by atoms with Gasteiger partial charge in [0.05, 0.1) is 0 Å². The Balaban J connectivity index is 1.80. The van der Waals surface area contributed by atoms with Gasteiger partial charge in [0, 0.05) is 22.9 Å². The average molecular weight is 290 g/mol. The Labute approximate surface area is 122 Å². The van der Waals surface area contributed by atoms with Gasteiger partial charge in [0.25, 0.3) is 5.91 Å². The number of amides is 1. The monoisotopic (exact) mass is 289 g/mol. The molecule has 1 amide bonds. The fraction of sp³-hybridized carbons (Fsp3) is 0.333. The molecule has 5 heteroatoms. The second-order valence-corrected chi connectivity index (χ2v) is 5.55. The van der Waals surface area contributed by atoms with Crippen molar-refractivity contribution < 1.29 is 4.79 Å². The first-order chi connectivity index (χ1) is 9.63. The molecule has 0 spiro atoms. The van der Waals surface area contributed by atoms with E-state index in [2.05, 4.69) is 10.4 Å². The van der Waals surface area contributed by atoms with Crippen LogP contribution in [0.1, 0.15) is 34.6 Å². The van der Waals surface area contributed by atoms with Gasteiger partial charge in [0.2, 0.25) is 0 Å². The van der Waals surface area contributed by atoms with Gasteiger partial charge in [-0.3, -0.25) is 9.48 Å². The van der Waals surface area contributed by atoms with E-state index in [9.17, 15) is 4.79 Å².